The summed E-state index contributed by atoms with van der Waals surface area (Å²) >= 11 is 0. The van der Waals surface area contributed by atoms with Gasteiger partial charge in [-0.2, -0.15) is 5.10 Å². The quantitative estimate of drug-likeness (QED) is 0.672. The molecular weight excluding hydrogens is 166 g/mol. The van der Waals surface area contributed by atoms with Crippen LogP contribution in [0.3, 0.4) is 0 Å². The molecule has 1 atom stereocenters. The molecule has 1 unspecified atom stereocenters. The van der Waals surface area contributed by atoms with Gasteiger partial charge in [0.15, 0.2) is 0 Å². The topological polar surface area (TPSA) is 50.1 Å². The van der Waals surface area contributed by atoms with Gasteiger partial charge in [-0.15, -0.1) is 0 Å². The molecule has 1 aromatic rings. The highest BCUT2D eigenvalue weighted by molar-refractivity contribution is 4.86. The summed E-state index contributed by atoms with van der Waals surface area (Å²) in [5.74, 6) is 0. The Bertz CT molecular complexity index is 243. The van der Waals surface area contributed by atoms with Crippen molar-refractivity contribution in [3.63, 3.8) is 0 Å². The first-order valence-electron chi connectivity index (χ1n) is 4.73. The van der Waals surface area contributed by atoms with E-state index in [0.29, 0.717) is 6.04 Å². The molecule has 0 aliphatic heterocycles. The third-order valence-electron chi connectivity index (χ3n) is 2.24. The van der Waals surface area contributed by atoms with Crippen LogP contribution in [0, 0.1) is 0 Å². The van der Waals surface area contributed by atoms with Crippen LogP contribution < -0.4 is 5.32 Å². The summed E-state index contributed by atoms with van der Waals surface area (Å²) in [6, 6.07) is 2.67. The molecule has 1 aliphatic rings. The van der Waals surface area contributed by atoms with Crippen LogP contribution in [0.5, 0.6) is 0 Å². The average molecular weight is 181 g/mol. The maximum Gasteiger partial charge on any atom is 0.0602 e. The van der Waals surface area contributed by atoms with Gasteiger partial charge in [0, 0.05) is 18.4 Å². The van der Waals surface area contributed by atoms with Crippen LogP contribution in [-0.2, 0) is 6.54 Å². The van der Waals surface area contributed by atoms with E-state index in [1.165, 1.54) is 12.8 Å². The van der Waals surface area contributed by atoms with Crippen molar-refractivity contribution in [3.8, 4) is 0 Å². The van der Waals surface area contributed by atoms with Crippen LogP contribution >= 0.6 is 0 Å². The molecule has 0 radical (unpaired) electrons. The van der Waals surface area contributed by atoms with Crippen LogP contribution in [0.4, 0.5) is 0 Å². The lowest BCUT2D eigenvalue weighted by atomic mass is 10.3. The fraction of sp³-hybridized carbons (Fsp3) is 0.667. The molecule has 4 heteroatoms. The number of hydrogen-bond acceptors (Lipinski definition) is 3. The molecule has 1 saturated carbocycles. The molecule has 72 valence electrons. The van der Waals surface area contributed by atoms with E-state index in [2.05, 4.69) is 10.4 Å². The Morgan fingerprint density at radius 3 is 3.00 bits per heavy atom. The molecule has 0 saturated heterocycles. The number of nitrogens with one attached hydrogen (secondary N) is 1. The fourth-order valence-corrected chi connectivity index (χ4v) is 1.38. The molecule has 0 spiro atoms. The summed E-state index contributed by atoms with van der Waals surface area (Å²) < 4.78 is 1.84. The molecule has 2 rings (SSSR count). The minimum Gasteiger partial charge on any atom is -0.395 e. The number of nitrogens with zero attached hydrogens (tertiary/aromatic N) is 2. The van der Waals surface area contributed by atoms with Gasteiger partial charge in [0.25, 0.3) is 0 Å². The second-order valence-electron chi connectivity index (χ2n) is 3.55. The van der Waals surface area contributed by atoms with E-state index in [-0.39, 0.29) is 12.6 Å². The van der Waals surface area contributed by atoms with Crippen molar-refractivity contribution < 1.29 is 5.11 Å². The maximum atomic E-state index is 9.10. The highest BCUT2D eigenvalue weighted by atomic mass is 16.3. The van der Waals surface area contributed by atoms with E-state index in [4.69, 9.17) is 5.11 Å². The molecule has 1 heterocycles. The van der Waals surface area contributed by atoms with E-state index >= 15 is 0 Å². The second-order valence-corrected chi connectivity index (χ2v) is 3.55. The first-order chi connectivity index (χ1) is 6.38. The van der Waals surface area contributed by atoms with Crippen LogP contribution in [0.2, 0.25) is 0 Å². The Labute approximate surface area is 77.6 Å². The Kier molecular flexibility index (Phi) is 2.61. The first-order valence-corrected chi connectivity index (χ1v) is 4.73. The van der Waals surface area contributed by atoms with Crippen molar-refractivity contribution in [3.05, 3.63) is 18.5 Å². The van der Waals surface area contributed by atoms with Gasteiger partial charge in [-0.3, -0.25) is 4.68 Å². The van der Waals surface area contributed by atoms with Gasteiger partial charge in [-0.05, 0) is 18.9 Å². The van der Waals surface area contributed by atoms with Crippen molar-refractivity contribution >= 4 is 0 Å². The van der Waals surface area contributed by atoms with Gasteiger partial charge >= 0.3 is 0 Å². The summed E-state index contributed by atoms with van der Waals surface area (Å²) in [7, 11) is 0. The fourth-order valence-electron chi connectivity index (χ4n) is 1.38. The van der Waals surface area contributed by atoms with E-state index in [0.717, 1.165) is 6.54 Å². The third-order valence-corrected chi connectivity index (χ3v) is 2.24. The minimum atomic E-state index is 0.146. The van der Waals surface area contributed by atoms with Crippen molar-refractivity contribution in [1.82, 2.24) is 15.1 Å². The van der Waals surface area contributed by atoms with Crippen molar-refractivity contribution in [2.24, 2.45) is 0 Å². The Morgan fingerprint density at radius 2 is 2.46 bits per heavy atom. The summed E-state index contributed by atoms with van der Waals surface area (Å²) in [5, 5.41) is 16.6. The number of hydrogen-bond donors (Lipinski definition) is 2. The second kappa shape index (κ2) is 3.89. The number of aliphatic hydroxyl groups is 1. The summed E-state index contributed by atoms with van der Waals surface area (Å²) in [6.45, 7) is 0.927. The summed E-state index contributed by atoms with van der Waals surface area (Å²) in [5.41, 5.74) is 0. The van der Waals surface area contributed by atoms with Gasteiger partial charge in [0.1, 0.15) is 0 Å². The van der Waals surface area contributed by atoms with Crippen LogP contribution in [-0.4, -0.2) is 33.6 Å². The average Bonchev–Trinajstić information content (AvgIpc) is 2.80. The SMILES string of the molecule is OCC(Cn1cccn1)NC1CC1. The maximum absolute atomic E-state index is 9.10. The van der Waals surface area contributed by atoms with Crippen LogP contribution in [0.25, 0.3) is 0 Å². The van der Waals surface area contributed by atoms with Crippen molar-refractivity contribution in [2.45, 2.75) is 31.5 Å². The lowest BCUT2D eigenvalue weighted by Gasteiger charge is -2.15. The van der Waals surface area contributed by atoms with Crippen LogP contribution in [0.15, 0.2) is 18.5 Å². The number of aliphatic hydroxyl groups excluding tert-OH is 1. The summed E-state index contributed by atoms with van der Waals surface area (Å²) in [6.07, 6.45) is 6.16. The number of aromatic nitrogens is 2. The zero-order valence-electron chi connectivity index (χ0n) is 7.56. The zero-order valence-corrected chi connectivity index (χ0v) is 7.56. The summed E-state index contributed by atoms with van der Waals surface area (Å²) in [4.78, 5) is 0. The monoisotopic (exact) mass is 181 g/mol. The number of rotatable bonds is 5. The Balaban J connectivity index is 1.82. The molecular formula is C9H15N3O. The van der Waals surface area contributed by atoms with E-state index < -0.39 is 0 Å². The molecule has 0 aromatic carbocycles. The predicted octanol–water partition coefficient (Wildman–Crippen LogP) is -0.00400. The van der Waals surface area contributed by atoms with E-state index in [1.807, 2.05) is 16.9 Å². The molecule has 0 amide bonds. The predicted molar refractivity (Wildman–Crippen MR) is 49.3 cm³/mol. The Morgan fingerprint density at radius 1 is 1.62 bits per heavy atom. The minimum absolute atomic E-state index is 0.146. The van der Waals surface area contributed by atoms with Gasteiger partial charge in [0.05, 0.1) is 19.2 Å². The molecule has 13 heavy (non-hydrogen) atoms. The highest BCUT2D eigenvalue weighted by Gasteiger charge is 2.24. The molecule has 1 aromatic heterocycles. The van der Waals surface area contributed by atoms with Gasteiger partial charge in [0.2, 0.25) is 0 Å². The molecule has 1 fully saturated rings. The molecule has 1 aliphatic carbocycles. The lowest BCUT2D eigenvalue weighted by molar-refractivity contribution is 0.224. The molecule has 4 nitrogen and oxygen atoms in total. The molecule has 0 bridgehead atoms. The van der Waals surface area contributed by atoms with Crippen LogP contribution in [0.1, 0.15) is 12.8 Å². The smallest absolute Gasteiger partial charge is 0.0602 e. The normalized spacial score (nSPS) is 18.8. The zero-order chi connectivity index (χ0) is 9.10. The van der Waals surface area contributed by atoms with Gasteiger partial charge in [-0.25, -0.2) is 0 Å². The Hall–Kier alpha value is -0.870. The lowest BCUT2D eigenvalue weighted by Crippen LogP contribution is -2.37. The van der Waals surface area contributed by atoms with Gasteiger partial charge < -0.3 is 10.4 Å². The third kappa shape index (κ3) is 2.54. The van der Waals surface area contributed by atoms with E-state index in [9.17, 15) is 0 Å². The molecule has 2 N–H and O–H groups in total. The van der Waals surface area contributed by atoms with Crippen molar-refractivity contribution in [1.29, 1.82) is 0 Å². The standard InChI is InChI=1S/C9H15N3O/c13-7-9(11-8-2-3-8)6-12-5-1-4-10-12/h1,4-5,8-9,11,13H,2-3,6-7H2. The van der Waals surface area contributed by atoms with E-state index in [1.54, 1.807) is 6.20 Å². The van der Waals surface area contributed by atoms with Gasteiger partial charge in [-0.1, -0.05) is 0 Å². The highest BCUT2D eigenvalue weighted by Crippen LogP contribution is 2.19. The van der Waals surface area contributed by atoms with Crippen molar-refractivity contribution in [2.75, 3.05) is 6.61 Å². The first kappa shape index (κ1) is 8.72. The largest absolute Gasteiger partial charge is 0.395 e.